The maximum absolute atomic E-state index is 5.71. The molecule has 3 N–H and O–H groups in total. The van der Waals surface area contributed by atoms with Crippen molar-refractivity contribution >= 4 is 23.1 Å². The van der Waals surface area contributed by atoms with Gasteiger partial charge in [-0.15, -0.1) is 11.3 Å². The fourth-order valence-corrected chi connectivity index (χ4v) is 2.68. The van der Waals surface area contributed by atoms with Crippen molar-refractivity contribution in [1.29, 1.82) is 0 Å². The summed E-state index contributed by atoms with van der Waals surface area (Å²) in [4.78, 5) is 21.1. The molecule has 0 aliphatic carbocycles. The summed E-state index contributed by atoms with van der Waals surface area (Å²) in [5.74, 6) is 1.81. The van der Waals surface area contributed by atoms with Crippen LogP contribution in [-0.2, 0) is 6.54 Å². The van der Waals surface area contributed by atoms with Crippen LogP contribution in [0.5, 0.6) is 5.88 Å². The van der Waals surface area contributed by atoms with Crippen LogP contribution in [0.2, 0.25) is 0 Å². The predicted octanol–water partition coefficient (Wildman–Crippen LogP) is 2.37. The predicted molar refractivity (Wildman–Crippen MR) is 92.7 cm³/mol. The van der Waals surface area contributed by atoms with Crippen molar-refractivity contribution in [1.82, 2.24) is 24.9 Å². The number of nitrogens with two attached hydrogens (primary N) is 1. The molecular weight excluding hydrogens is 326 g/mol. The minimum absolute atomic E-state index is 0.0131. The maximum Gasteiger partial charge on any atom is 0.225 e. The van der Waals surface area contributed by atoms with Crippen LogP contribution in [0.25, 0.3) is 10.8 Å². The molecule has 0 amide bonds. The Labute approximate surface area is 143 Å². The molecule has 0 spiro atoms. The third-order valence-corrected chi connectivity index (χ3v) is 3.72. The average molecular weight is 343 g/mol. The highest BCUT2D eigenvalue weighted by molar-refractivity contribution is 7.13. The second-order valence-electron chi connectivity index (χ2n) is 5.19. The first-order valence-electron chi connectivity index (χ1n) is 7.37. The Morgan fingerprint density at radius 2 is 2.00 bits per heavy atom. The number of anilines is 2. The molecule has 3 aromatic heterocycles. The van der Waals surface area contributed by atoms with E-state index >= 15 is 0 Å². The highest BCUT2D eigenvalue weighted by atomic mass is 32.1. The molecule has 3 rings (SSSR count). The van der Waals surface area contributed by atoms with Crippen LogP contribution in [-0.4, -0.2) is 31.0 Å². The molecule has 124 valence electrons. The van der Waals surface area contributed by atoms with Crippen molar-refractivity contribution in [3.8, 4) is 16.7 Å². The molecule has 3 aromatic rings. The Bertz CT molecular complexity index is 807. The molecule has 0 saturated carbocycles. The van der Waals surface area contributed by atoms with E-state index < -0.39 is 0 Å². The second-order valence-corrected chi connectivity index (χ2v) is 6.04. The molecular formula is C15H17N7OS. The highest BCUT2D eigenvalue weighted by Gasteiger charge is 2.09. The smallest absolute Gasteiger partial charge is 0.225 e. The monoisotopic (exact) mass is 343 g/mol. The zero-order chi connectivity index (χ0) is 16.9. The van der Waals surface area contributed by atoms with Gasteiger partial charge in [0.25, 0.3) is 0 Å². The Balaban J connectivity index is 1.68. The van der Waals surface area contributed by atoms with Crippen LogP contribution < -0.4 is 15.8 Å². The molecule has 24 heavy (non-hydrogen) atoms. The summed E-state index contributed by atoms with van der Waals surface area (Å²) in [5, 5.41) is 5.90. The lowest BCUT2D eigenvalue weighted by molar-refractivity contribution is 0.233. The number of nitrogens with zero attached hydrogens (tertiary/aromatic N) is 5. The first kappa shape index (κ1) is 16.1. The van der Waals surface area contributed by atoms with Gasteiger partial charge in [0.05, 0.1) is 18.3 Å². The molecule has 0 aliphatic heterocycles. The topological polar surface area (TPSA) is 112 Å². The van der Waals surface area contributed by atoms with E-state index in [1.165, 1.54) is 11.3 Å². The molecule has 3 heterocycles. The molecule has 0 bridgehead atoms. The Kier molecular flexibility index (Phi) is 4.80. The van der Waals surface area contributed by atoms with E-state index in [0.29, 0.717) is 24.1 Å². The van der Waals surface area contributed by atoms with E-state index in [1.807, 2.05) is 19.2 Å². The largest absolute Gasteiger partial charge is 0.475 e. The normalized spacial score (nSPS) is 10.8. The van der Waals surface area contributed by atoms with Gasteiger partial charge in [-0.1, -0.05) is 0 Å². The third kappa shape index (κ3) is 4.13. The van der Waals surface area contributed by atoms with Gasteiger partial charge in [-0.3, -0.25) is 0 Å². The first-order valence-corrected chi connectivity index (χ1v) is 8.25. The Morgan fingerprint density at radius 3 is 2.75 bits per heavy atom. The molecule has 0 radical (unpaired) electrons. The number of rotatable bonds is 6. The van der Waals surface area contributed by atoms with Crippen LogP contribution in [0, 0.1) is 0 Å². The van der Waals surface area contributed by atoms with Crippen molar-refractivity contribution in [3.05, 3.63) is 35.6 Å². The van der Waals surface area contributed by atoms with Gasteiger partial charge in [-0.25, -0.2) is 15.0 Å². The highest BCUT2D eigenvalue weighted by Crippen LogP contribution is 2.21. The third-order valence-electron chi connectivity index (χ3n) is 2.84. The van der Waals surface area contributed by atoms with Crippen molar-refractivity contribution in [2.45, 2.75) is 26.5 Å². The summed E-state index contributed by atoms with van der Waals surface area (Å²) in [6, 6.07) is 3.49. The van der Waals surface area contributed by atoms with Crippen LogP contribution >= 0.6 is 11.3 Å². The molecule has 0 aromatic carbocycles. The van der Waals surface area contributed by atoms with Crippen LogP contribution in [0.3, 0.4) is 0 Å². The molecule has 0 unspecified atom stereocenters. The molecule has 0 aliphatic rings. The fraction of sp³-hybridized carbons (Fsp3) is 0.267. The number of thiazole rings is 1. The van der Waals surface area contributed by atoms with Gasteiger partial charge >= 0.3 is 0 Å². The summed E-state index contributed by atoms with van der Waals surface area (Å²) in [5.41, 5.74) is 6.58. The molecule has 0 atom stereocenters. The zero-order valence-corrected chi connectivity index (χ0v) is 14.1. The summed E-state index contributed by atoms with van der Waals surface area (Å²) in [6.07, 6.45) is 3.41. The van der Waals surface area contributed by atoms with Crippen molar-refractivity contribution in [2.75, 3.05) is 11.1 Å². The molecule has 0 fully saturated rings. The van der Waals surface area contributed by atoms with Crippen LogP contribution in [0.15, 0.2) is 29.9 Å². The van der Waals surface area contributed by atoms with E-state index in [0.717, 1.165) is 10.7 Å². The summed E-state index contributed by atoms with van der Waals surface area (Å²) in [7, 11) is 0. The van der Waals surface area contributed by atoms with Crippen LogP contribution in [0.4, 0.5) is 11.8 Å². The number of ether oxygens (including phenoxy) is 1. The van der Waals surface area contributed by atoms with Crippen molar-refractivity contribution in [3.63, 3.8) is 0 Å². The number of hydrogen-bond acceptors (Lipinski definition) is 9. The quantitative estimate of drug-likeness (QED) is 0.701. The minimum Gasteiger partial charge on any atom is -0.475 e. The summed E-state index contributed by atoms with van der Waals surface area (Å²) < 4.78 is 5.55. The Morgan fingerprint density at radius 1 is 1.21 bits per heavy atom. The molecule has 0 saturated heterocycles. The number of nitrogens with one attached hydrogen (secondary N) is 1. The van der Waals surface area contributed by atoms with E-state index in [1.54, 1.807) is 24.5 Å². The van der Waals surface area contributed by atoms with Gasteiger partial charge in [0.15, 0.2) is 10.8 Å². The lowest BCUT2D eigenvalue weighted by atomic mass is 10.4. The second kappa shape index (κ2) is 7.18. The zero-order valence-electron chi connectivity index (χ0n) is 13.3. The molecule has 8 nitrogen and oxygen atoms in total. The average Bonchev–Trinajstić information content (AvgIpc) is 3.01. The van der Waals surface area contributed by atoms with Crippen molar-refractivity contribution < 1.29 is 4.74 Å². The van der Waals surface area contributed by atoms with E-state index in [-0.39, 0.29) is 12.1 Å². The fourth-order valence-electron chi connectivity index (χ4n) is 1.92. The first-order chi connectivity index (χ1) is 11.6. The van der Waals surface area contributed by atoms with Gasteiger partial charge in [-0.2, -0.15) is 9.97 Å². The van der Waals surface area contributed by atoms with Gasteiger partial charge < -0.3 is 15.8 Å². The van der Waals surface area contributed by atoms with Gasteiger partial charge in [0.2, 0.25) is 11.8 Å². The van der Waals surface area contributed by atoms with E-state index in [4.69, 9.17) is 10.5 Å². The number of nitrogen functional groups attached to an aromatic ring is 1. The van der Waals surface area contributed by atoms with Crippen molar-refractivity contribution in [2.24, 2.45) is 0 Å². The van der Waals surface area contributed by atoms with E-state index in [2.05, 4.69) is 30.2 Å². The summed E-state index contributed by atoms with van der Waals surface area (Å²) >= 11 is 1.49. The van der Waals surface area contributed by atoms with Gasteiger partial charge in [0.1, 0.15) is 5.82 Å². The lowest BCUT2D eigenvalue weighted by Crippen LogP contribution is -2.10. The number of hydrogen-bond donors (Lipinski definition) is 2. The lowest BCUT2D eigenvalue weighted by Gasteiger charge is -2.11. The van der Waals surface area contributed by atoms with Crippen LogP contribution in [0.1, 0.15) is 19.5 Å². The van der Waals surface area contributed by atoms with Gasteiger partial charge in [0, 0.05) is 23.8 Å². The Hall–Kier alpha value is -2.81. The minimum atomic E-state index is 0.0131. The number of aromatic nitrogens is 5. The van der Waals surface area contributed by atoms with E-state index in [9.17, 15) is 0 Å². The van der Waals surface area contributed by atoms with Gasteiger partial charge in [-0.05, 0) is 19.9 Å². The summed E-state index contributed by atoms with van der Waals surface area (Å²) in [6.45, 7) is 4.35. The maximum atomic E-state index is 5.71. The standard InChI is InChI=1S/C15H17N7OS/c1-9(2)23-12-6-11(21-15(16)22-12)19-7-10-8-24-14(20-10)13-17-4-3-5-18-13/h3-6,8-9H,7H2,1-2H3,(H3,16,19,21,22). The SMILES string of the molecule is CC(C)Oc1cc(NCc2csc(-c3ncccn3)n2)nc(N)n1. The molecule has 9 heteroatoms.